The Hall–Kier alpha value is -1.61. The number of hydrogen-bond acceptors (Lipinski definition) is 3. The first kappa shape index (κ1) is 14.8. The highest BCUT2D eigenvalue weighted by molar-refractivity contribution is 6.29. The molecule has 20 heavy (non-hydrogen) atoms. The minimum atomic E-state index is 0.264. The predicted octanol–water partition coefficient (Wildman–Crippen LogP) is 4.20. The first-order valence-electron chi connectivity index (χ1n) is 6.77. The summed E-state index contributed by atoms with van der Waals surface area (Å²) in [6.45, 7) is 7.02. The fourth-order valence-corrected chi connectivity index (χ4v) is 2.11. The monoisotopic (exact) mass is 289 g/mol. The first-order valence-corrected chi connectivity index (χ1v) is 7.14. The van der Waals surface area contributed by atoms with Crippen LogP contribution in [0.5, 0.6) is 0 Å². The smallest absolute Gasteiger partial charge is 0.135 e. The highest BCUT2D eigenvalue weighted by Gasteiger charge is 2.10. The zero-order valence-electron chi connectivity index (χ0n) is 12.4. The lowest BCUT2D eigenvalue weighted by Crippen LogP contribution is -2.18. The van der Waals surface area contributed by atoms with Gasteiger partial charge in [-0.25, -0.2) is 9.97 Å². The van der Waals surface area contributed by atoms with Crippen LogP contribution in [0.2, 0.25) is 5.15 Å². The van der Waals surface area contributed by atoms with Crippen molar-refractivity contribution in [3.8, 4) is 0 Å². The topological polar surface area (TPSA) is 29.0 Å². The van der Waals surface area contributed by atoms with Crippen LogP contribution in [0.15, 0.2) is 30.3 Å². The first-order chi connectivity index (χ1) is 9.45. The number of nitrogens with zero attached hydrogens (tertiary/aromatic N) is 3. The third-order valence-electron chi connectivity index (χ3n) is 3.15. The summed E-state index contributed by atoms with van der Waals surface area (Å²) in [6.07, 6.45) is 0. The maximum absolute atomic E-state index is 6.08. The molecule has 0 atom stereocenters. The molecule has 0 amide bonds. The summed E-state index contributed by atoms with van der Waals surface area (Å²) in [4.78, 5) is 10.9. The number of benzene rings is 1. The minimum Gasteiger partial charge on any atom is -0.355 e. The highest BCUT2D eigenvalue weighted by Crippen LogP contribution is 2.20. The van der Waals surface area contributed by atoms with Crippen LogP contribution in [0.25, 0.3) is 0 Å². The van der Waals surface area contributed by atoms with Gasteiger partial charge in [0.1, 0.15) is 16.8 Å². The molecule has 0 saturated heterocycles. The van der Waals surface area contributed by atoms with Crippen LogP contribution in [0, 0.1) is 6.92 Å². The summed E-state index contributed by atoms with van der Waals surface area (Å²) in [6, 6.07) is 10.3. The van der Waals surface area contributed by atoms with Gasteiger partial charge in [0.25, 0.3) is 0 Å². The van der Waals surface area contributed by atoms with Crippen molar-refractivity contribution in [3.05, 3.63) is 52.4 Å². The summed E-state index contributed by atoms with van der Waals surface area (Å²) in [5, 5.41) is 0.495. The van der Waals surface area contributed by atoms with Crippen molar-refractivity contribution in [1.82, 2.24) is 9.97 Å². The van der Waals surface area contributed by atoms with E-state index in [2.05, 4.69) is 59.9 Å². The Kier molecular flexibility index (Phi) is 4.61. The van der Waals surface area contributed by atoms with Crippen LogP contribution in [0.3, 0.4) is 0 Å². The van der Waals surface area contributed by atoms with Crippen molar-refractivity contribution < 1.29 is 0 Å². The third kappa shape index (κ3) is 3.70. The molecule has 4 heteroatoms. The maximum Gasteiger partial charge on any atom is 0.135 e. The molecule has 0 bridgehead atoms. The molecule has 1 heterocycles. The van der Waals surface area contributed by atoms with Crippen LogP contribution < -0.4 is 4.90 Å². The van der Waals surface area contributed by atoms with Gasteiger partial charge in [-0.05, 0) is 12.5 Å². The van der Waals surface area contributed by atoms with Crippen molar-refractivity contribution in [3.63, 3.8) is 0 Å². The Morgan fingerprint density at radius 3 is 2.40 bits per heavy atom. The fourth-order valence-electron chi connectivity index (χ4n) is 1.92. The van der Waals surface area contributed by atoms with E-state index < -0.39 is 0 Å². The van der Waals surface area contributed by atoms with Crippen LogP contribution >= 0.6 is 11.6 Å². The molecule has 0 N–H and O–H groups in total. The maximum atomic E-state index is 6.08. The van der Waals surface area contributed by atoms with Crippen molar-refractivity contribution >= 4 is 17.4 Å². The molecule has 0 aliphatic rings. The minimum absolute atomic E-state index is 0.264. The standard InChI is InChI=1S/C16H20ClN3/c1-11(2)16-18-14(17)9-15(19-16)20(4)10-13-7-5-12(3)6-8-13/h5-9,11H,10H2,1-4H3. The normalized spacial score (nSPS) is 10.9. The molecule has 1 aromatic carbocycles. The van der Waals surface area contributed by atoms with E-state index in [1.54, 1.807) is 0 Å². The molecule has 106 valence electrons. The van der Waals surface area contributed by atoms with Gasteiger partial charge in [0, 0.05) is 25.6 Å². The lowest BCUT2D eigenvalue weighted by molar-refractivity contribution is 0.762. The summed E-state index contributed by atoms with van der Waals surface area (Å²) in [7, 11) is 2.02. The van der Waals surface area contributed by atoms with E-state index in [1.165, 1.54) is 11.1 Å². The van der Waals surface area contributed by atoms with Gasteiger partial charge in [-0.2, -0.15) is 0 Å². The second kappa shape index (κ2) is 6.23. The SMILES string of the molecule is Cc1ccc(CN(C)c2cc(Cl)nc(C(C)C)n2)cc1. The van der Waals surface area contributed by atoms with Crippen molar-refractivity contribution in [2.75, 3.05) is 11.9 Å². The number of anilines is 1. The van der Waals surface area contributed by atoms with Crippen molar-refractivity contribution in [2.24, 2.45) is 0 Å². The average molecular weight is 290 g/mol. The Labute approximate surface area is 125 Å². The molecule has 2 aromatic rings. The van der Waals surface area contributed by atoms with E-state index in [-0.39, 0.29) is 5.92 Å². The van der Waals surface area contributed by atoms with Gasteiger partial charge >= 0.3 is 0 Å². The van der Waals surface area contributed by atoms with Crippen LogP contribution in [0.1, 0.15) is 36.7 Å². The quantitative estimate of drug-likeness (QED) is 0.790. The van der Waals surface area contributed by atoms with E-state index in [0.29, 0.717) is 5.15 Å². The lowest BCUT2D eigenvalue weighted by Gasteiger charge is -2.19. The van der Waals surface area contributed by atoms with Gasteiger partial charge in [0.15, 0.2) is 0 Å². The van der Waals surface area contributed by atoms with Gasteiger partial charge in [0.05, 0.1) is 0 Å². The molecular weight excluding hydrogens is 270 g/mol. The van der Waals surface area contributed by atoms with Crippen molar-refractivity contribution in [1.29, 1.82) is 0 Å². The molecule has 0 aliphatic carbocycles. The number of hydrogen-bond donors (Lipinski definition) is 0. The molecule has 0 aliphatic heterocycles. The Morgan fingerprint density at radius 1 is 1.15 bits per heavy atom. The number of halogens is 1. The van der Waals surface area contributed by atoms with Crippen LogP contribution in [0.4, 0.5) is 5.82 Å². The summed E-state index contributed by atoms with van der Waals surface area (Å²) in [5.41, 5.74) is 2.52. The zero-order valence-corrected chi connectivity index (χ0v) is 13.1. The second-order valence-electron chi connectivity index (χ2n) is 5.40. The average Bonchev–Trinajstić information content (AvgIpc) is 2.40. The fraction of sp³-hybridized carbons (Fsp3) is 0.375. The zero-order chi connectivity index (χ0) is 14.7. The van der Waals surface area contributed by atoms with E-state index in [4.69, 9.17) is 11.6 Å². The number of aryl methyl sites for hydroxylation is 1. The van der Waals surface area contributed by atoms with E-state index >= 15 is 0 Å². The summed E-state index contributed by atoms with van der Waals surface area (Å²) in [5.74, 6) is 1.90. The number of aromatic nitrogens is 2. The predicted molar refractivity (Wildman–Crippen MR) is 84.4 cm³/mol. The molecule has 0 saturated carbocycles. The Balaban J connectivity index is 2.20. The Bertz CT molecular complexity index is 579. The van der Waals surface area contributed by atoms with Gasteiger partial charge < -0.3 is 4.90 Å². The molecule has 0 spiro atoms. The molecule has 2 rings (SSSR count). The molecular formula is C16H20ClN3. The van der Waals surface area contributed by atoms with Crippen LogP contribution in [-0.4, -0.2) is 17.0 Å². The van der Waals surface area contributed by atoms with Crippen molar-refractivity contribution in [2.45, 2.75) is 33.2 Å². The lowest BCUT2D eigenvalue weighted by atomic mass is 10.1. The van der Waals surface area contributed by atoms with Gasteiger partial charge in [-0.1, -0.05) is 55.3 Å². The molecule has 0 radical (unpaired) electrons. The van der Waals surface area contributed by atoms with Gasteiger partial charge in [-0.15, -0.1) is 0 Å². The summed E-state index contributed by atoms with van der Waals surface area (Å²) >= 11 is 6.08. The largest absolute Gasteiger partial charge is 0.355 e. The van der Waals surface area contributed by atoms with E-state index in [1.807, 2.05) is 13.1 Å². The highest BCUT2D eigenvalue weighted by atomic mass is 35.5. The molecule has 0 fully saturated rings. The number of rotatable bonds is 4. The molecule has 3 nitrogen and oxygen atoms in total. The van der Waals surface area contributed by atoms with Crippen LogP contribution in [-0.2, 0) is 6.54 Å². The van der Waals surface area contributed by atoms with Gasteiger partial charge in [-0.3, -0.25) is 0 Å². The van der Waals surface area contributed by atoms with E-state index in [9.17, 15) is 0 Å². The molecule has 1 aromatic heterocycles. The Morgan fingerprint density at radius 2 is 1.80 bits per heavy atom. The van der Waals surface area contributed by atoms with Gasteiger partial charge in [0.2, 0.25) is 0 Å². The third-order valence-corrected chi connectivity index (χ3v) is 3.34. The second-order valence-corrected chi connectivity index (χ2v) is 5.79. The molecule has 0 unspecified atom stereocenters. The van der Waals surface area contributed by atoms with E-state index in [0.717, 1.165) is 18.2 Å². The summed E-state index contributed by atoms with van der Waals surface area (Å²) < 4.78 is 0.